The van der Waals surface area contributed by atoms with Crippen LogP contribution < -0.4 is 73.5 Å². The van der Waals surface area contributed by atoms with Crippen LogP contribution in [0.4, 0.5) is 0 Å². The number of aliphatic hydroxyl groups excluding tert-OH is 5. The molecule has 11 bridgehead atoms. The third kappa shape index (κ3) is 25.7. The summed E-state index contributed by atoms with van der Waals surface area (Å²) in [7, 11) is -10.0. The highest BCUT2D eigenvalue weighted by molar-refractivity contribution is 7.70. The van der Waals surface area contributed by atoms with E-state index >= 15 is 24.0 Å². The number of carbonyl (C=O) groups excluding carboxylic acids is 9. The van der Waals surface area contributed by atoms with Gasteiger partial charge < -0.3 is 167 Å². The van der Waals surface area contributed by atoms with E-state index in [1.807, 2.05) is 36.4 Å². The number of nitrogens with one attached hydrogen (secondary N) is 9. The predicted octanol–water partition coefficient (Wildman–Crippen LogP) is 4.61. The lowest BCUT2D eigenvalue weighted by Crippen LogP contribution is -2.65. The topological polar surface area (TPSA) is 711 Å². The van der Waals surface area contributed by atoms with Gasteiger partial charge in [0.25, 0.3) is 0 Å². The Morgan fingerprint density at radius 3 is 1.80 bits per heavy atom. The van der Waals surface area contributed by atoms with Gasteiger partial charge in [0.05, 0.1) is 53.3 Å². The smallest absolute Gasteiger partial charge is 0.360 e. The zero-order valence-corrected chi connectivity index (χ0v) is 82.6. The van der Waals surface area contributed by atoms with Gasteiger partial charge in [0.2, 0.25) is 64.8 Å². The summed E-state index contributed by atoms with van der Waals surface area (Å²) >= 11 is 21.0. The van der Waals surface area contributed by atoms with E-state index in [9.17, 15) is 98.6 Å². The molecule has 0 spiro atoms. The third-order valence-electron chi connectivity index (χ3n) is 25.3. The number of hydrogen-bond acceptors (Lipinski definition) is 32. The van der Waals surface area contributed by atoms with Gasteiger partial charge in [0.15, 0.2) is 36.2 Å². The van der Waals surface area contributed by atoms with E-state index in [4.69, 9.17) is 88.9 Å². The number of carboxylic acid groups (broad SMARTS) is 1. The number of phenols is 3. The molecule has 45 nitrogen and oxygen atoms in total. The maximum Gasteiger partial charge on any atom is 0.360 e. The first-order chi connectivity index (χ1) is 67.5. The van der Waals surface area contributed by atoms with Gasteiger partial charge >= 0.3 is 27.1 Å². The molecular weight excluding hydrogens is 2000 g/mol. The number of aliphatic carboxylic acids is 1. The first-order valence-electron chi connectivity index (χ1n) is 45.3. The number of carbonyl (C=O) groups is 10. The molecule has 22 atom stereocenters. The highest BCUT2D eigenvalue weighted by atomic mass is 35.5. The molecule has 144 heavy (non-hydrogen) atoms. The Morgan fingerprint density at radius 2 is 1.21 bits per heavy atom. The summed E-state index contributed by atoms with van der Waals surface area (Å²) in [5.41, 5.74) is 4.19. The maximum absolute atomic E-state index is 16.8. The number of fused-ring (bicyclic) bond motifs is 15. The Balaban J connectivity index is 1.02. The largest absolute Gasteiger partial charge is 0.508 e. The molecule has 3 saturated heterocycles. The fraction of sp³-hybridized carbons (Fsp3) is 0.447. The monoisotopic (exact) mass is 2110 g/mol. The van der Waals surface area contributed by atoms with Crippen LogP contribution in [0.2, 0.25) is 15.1 Å². The molecule has 26 N–H and O–H groups in total. The van der Waals surface area contributed by atoms with Crippen LogP contribution >= 0.6 is 50.0 Å². The standard InChI is InChI=1S/C94H112Cl3N11O34P2/c1-39(2)24-55(100-9)83(120)107-73-75(115)46-17-22-59(53(96)26-46)137-61-28-48-29-62(79(61)142-90-80(77(117)76(116)63(139-90)38-134-66(114)34-92(5,6)33-65(113)103-91(143(128,129)130)144(131,132)133)141-68-36-94(8,82(119)41(4)136-68)101-37-42-10-12-43(13-11-42)44-14-19-49(95)20-15-44)138-60-23-18-47(27-54(60)97)78(140-67-35-93(7,99)81(118)40(3)135-67)74-88(125)106-72(89(126)127)52-30-50(109)31-58(111)69(52)51-25-45(16-21-57(51)110)70(85(122)108-74)105-86(123)71(48)104-84(121)56(32-64(98)112)102-87(73)124/h10-23,25-31,39-41,55-56,63,67-68,70-78,80-82,90-91,100-101,109-111,115-119H,24,32-38,99H2,1-9H3,(H2,98,112)(H,102,124)(H,103,113)(H,104,121)(H,105,123)(H,106,125)(H,107,120)(H,108,122)(H,126,127)(H2,128,129,130)(H2,131,132,133)/t40?,41?,55?,56?,63?,67?,68?,70?,71?,72-,73?,74?,75+,76?,77?,78-,80?,81?,82?,90?,93-,94-/m1/s1. The number of halogens is 3. The summed E-state index contributed by atoms with van der Waals surface area (Å²) in [4.78, 5) is 189. The highest BCUT2D eigenvalue weighted by Crippen LogP contribution is 2.59. The molecule has 8 aliphatic rings. The number of aromatic hydroxyl groups is 3. The van der Waals surface area contributed by atoms with Crippen LogP contribution in [0, 0.1) is 11.3 Å². The lowest BCUT2D eigenvalue weighted by atomic mass is 9.84. The lowest BCUT2D eigenvalue weighted by molar-refractivity contribution is -0.335. The number of carboxylic acids is 1. The first kappa shape index (κ1) is 110. The van der Waals surface area contributed by atoms with E-state index in [0.717, 1.165) is 89.5 Å². The summed E-state index contributed by atoms with van der Waals surface area (Å²) in [6.07, 6.45) is -27.0. The van der Waals surface area contributed by atoms with Crippen LogP contribution in [0.15, 0.2) is 127 Å². The highest BCUT2D eigenvalue weighted by Gasteiger charge is 2.55. The number of esters is 1. The minimum atomic E-state index is -5.73. The van der Waals surface area contributed by atoms with Crippen LogP contribution in [0.5, 0.6) is 46.0 Å². The van der Waals surface area contributed by atoms with Crippen LogP contribution in [0.25, 0.3) is 22.3 Å². The molecule has 8 amide bonds. The van der Waals surface area contributed by atoms with Crippen LogP contribution in [-0.2, 0) is 92.0 Å². The van der Waals surface area contributed by atoms with Crippen molar-refractivity contribution in [1.29, 1.82) is 0 Å². The summed E-state index contributed by atoms with van der Waals surface area (Å²) in [5.74, 6) is -20.0. The molecule has 0 aromatic heterocycles. The maximum atomic E-state index is 16.8. The van der Waals surface area contributed by atoms with Gasteiger partial charge in [0, 0.05) is 64.7 Å². The van der Waals surface area contributed by atoms with Crippen molar-refractivity contribution in [3.63, 3.8) is 0 Å². The summed E-state index contributed by atoms with van der Waals surface area (Å²) in [6, 6.07) is 12.8. The number of aliphatic hydroxyl groups is 5. The van der Waals surface area contributed by atoms with E-state index in [-0.39, 0.29) is 36.4 Å². The quantitative estimate of drug-likeness (QED) is 0.0247. The van der Waals surface area contributed by atoms with Crippen LogP contribution in [-0.4, -0.2) is 247 Å². The van der Waals surface area contributed by atoms with Gasteiger partial charge in [-0.25, -0.2) is 4.79 Å². The number of likely N-dealkylation sites (N-methyl/N-ethyl adjacent to an activating group) is 1. The van der Waals surface area contributed by atoms with E-state index in [1.54, 1.807) is 38.2 Å². The first-order valence-corrected chi connectivity index (χ1v) is 49.8. The minimum Gasteiger partial charge on any atom is -0.508 e. The van der Waals surface area contributed by atoms with E-state index in [0.29, 0.717) is 5.02 Å². The van der Waals surface area contributed by atoms with Crippen molar-refractivity contribution in [2.24, 2.45) is 22.8 Å². The lowest BCUT2D eigenvalue weighted by Gasteiger charge is -2.48. The van der Waals surface area contributed by atoms with Gasteiger partial charge in [-0.1, -0.05) is 117 Å². The second-order valence-corrected chi connectivity index (χ2v) is 42.9. The molecule has 0 saturated carbocycles. The SMILES string of the molecule is CNC(CC(C)C)C(=O)NC1C(=O)NC(CC(N)=O)C(=O)NC2C(=O)NC3C(=O)NC(C(=O)N[C@@H](C(=O)O)c4cc(O)cc(O)c4-c4cc3ccc4O)[C@H](OC3C[C@@](C)(N)C(O)C(C)O3)c3ccc(c(Cl)c3)Oc3cc2cc(c3OC2OC(COC(=O)CC(C)(C)CC(=O)NC(P(=O)(O)O)P(=O)(O)O)C(O)C(O)C2OC2C[C@@](C)(NCc3ccc(-c4ccc(Cl)cc4)cc3)C(O)C(C)O2)Oc2ccc(cc2Cl)[C@@H]1O. The zero-order valence-electron chi connectivity index (χ0n) is 78.6. The van der Waals surface area contributed by atoms with E-state index in [2.05, 4.69) is 42.5 Å². The molecule has 7 aromatic carbocycles. The van der Waals surface area contributed by atoms with E-state index in [1.165, 1.54) is 47.7 Å². The number of rotatable bonds is 27. The molecule has 778 valence electrons. The van der Waals surface area contributed by atoms with Gasteiger partial charge in [0.1, 0.15) is 96.1 Å². The molecule has 7 aromatic rings. The molecule has 15 rings (SSSR count). The van der Waals surface area contributed by atoms with Crippen molar-refractivity contribution in [3.8, 4) is 68.2 Å². The normalized spacial score (nSPS) is 27.7. The Morgan fingerprint density at radius 1 is 0.632 bits per heavy atom. The average Bonchev–Trinajstić information content (AvgIpc) is 0.757. The summed E-state index contributed by atoms with van der Waals surface area (Å²) < 4.78 is 83.7. The summed E-state index contributed by atoms with van der Waals surface area (Å²) in [5, 5.41) is 130. The second kappa shape index (κ2) is 44.6. The third-order valence-corrected chi connectivity index (χ3v) is 29.5. The van der Waals surface area contributed by atoms with Crippen molar-refractivity contribution in [1.82, 2.24) is 47.9 Å². The van der Waals surface area contributed by atoms with Gasteiger partial charge in [-0.15, -0.1) is 0 Å². The van der Waals surface area contributed by atoms with Crippen LogP contribution in [0.1, 0.15) is 158 Å². The second-order valence-electron chi connectivity index (χ2n) is 37.9. The fourth-order valence-corrected chi connectivity index (χ4v) is 20.6. The number of amides is 8. The van der Waals surface area contributed by atoms with Gasteiger partial charge in [-0.2, -0.15) is 0 Å². The molecule has 8 heterocycles. The molecule has 17 unspecified atom stereocenters. The van der Waals surface area contributed by atoms with Crippen molar-refractivity contribution < 1.29 is 165 Å². The van der Waals surface area contributed by atoms with Gasteiger partial charge in [-0.3, -0.25) is 52.3 Å². The number of hydrogen-bond donors (Lipinski definition) is 24. The fourth-order valence-electron chi connectivity index (χ4n) is 17.8. The molecule has 0 aliphatic carbocycles. The molecule has 8 aliphatic heterocycles. The predicted molar refractivity (Wildman–Crippen MR) is 508 cm³/mol. The number of benzene rings is 7. The molecular formula is C94H112Cl3N11O34P2. The number of phenolic OH excluding ortho intramolecular Hbond substituents is 3. The van der Waals surface area contributed by atoms with Crippen molar-refractivity contribution >= 4 is 109 Å². The van der Waals surface area contributed by atoms with Gasteiger partial charge in [-0.05, 0) is 158 Å². The Labute approximate surface area is 837 Å². The average molecular weight is 2110 g/mol. The van der Waals surface area contributed by atoms with Crippen molar-refractivity contribution in [2.45, 2.75) is 239 Å². The number of ether oxygens (including phenoxy) is 9. The summed E-state index contributed by atoms with van der Waals surface area (Å²) in [6.45, 7) is 11.2. The van der Waals surface area contributed by atoms with Crippen molar-refractivity contribution in [2.75, 3.05) is 13.7 Å². The van der Waals surface area contributed by atoms with Crippen LogP contribution in [0.3, 0.4) is 0 Å². The van der Waals surface area contributed by atoms with Crippen molar-refractivity contribution in [3.05, 3.63) is 176 Å². The Kier molecular flexibility index (Phi) is 34.0. The Hall–Kier alpha value is -11.3. The molecule has 50 heteroatoms. The Bertz CT molecular complexity index is 6120. The number of nitrogens with two attached hydrogens (primary N) is 2. The molecule has 3 fully saturated rings. The number of primary amides is 1. The molecule has 0 radical (unpaired) electrons. The zero-order chi connectivity index (χ0) is 105. The minimum absolute atomic E-state index is 0.0961. The van der Waals surface area contributed by atoms with E-state index < -0.39 is 335 Å².